The number of hydrogen-bond donors (Lipinski definition) is 1. The van der Waals surface area contributed by atoms with Crippen LogP contribution in [-0.4, -0.2) is 33.2 Å². The van der Waals surface area contributed by atoms with E-state index in [-0.39, 0.29) is 11.0 Å². The Hall–Kier alpha value is -2.92. The largest absolute Gasteiger partial charge is 0.491 e. The van der Waals surface area contributed by atoms with E-state index in [2.05, 4.69) is 33.1 Å². The molecule has 0 spiro atoms. The molecule has 0 aliphatic heterocycles. The second kappa shape index (κ2) is 11.3. The number of carbonyl (C=O) groups is 1. The highest BCUT2D eigenvalue weighted by molar-refractivity contribution is 14.1. The number of amides is 1. The van der Waals surface area contributed by atoms with Crippen LogP contribution in [0.5, 0.6) is 5.75 Å². The number of rotatable bonds is 9. The van der Waals surface area contributed by atoms with Crippen LogP contribution in [0, 0.1) is 3.57 Å². The number of halogens is 1. The lowest BCUT2D eigenvalue weighted by Crippen LogP contribution is -2.39. The van der Waals surface area contributed by atoms with Gasteiger partial charge in [-0.05, 0) is 103 Å². The number of ether oxygens (including phenoxy) is 1. The van der Waals surface area contributed by atoms with E-state index in [1.54, 1.807) is 42.5 Å². The van der Waals surface area contributed by atoms with Crippen LogP contribution in [0.25, 0.3) is 0 Å². The zero-order chi connectivity index (χ0) is 23.8. The lowest BCUT2D eigenvalue weighted by Gasteiger charge is -2.23. The molecule has 0 saturated heterocycles. The fourth-order valence-corrected chi connectivity index (χ4v) is 4.69. The number of anilines is 1. The Morgan fingerprint density at radius 2 is 1.67 bits per heavy atom. The molecule has 172 valence electrons. The molecule has 3 aromatic carbocycles. The van der Waals surface area contributed by atoms with E-state index < -0.39 is 22.5 Å². The third-order valence-corrected chi connectivity index (χ3v) is 6.90. The minimum atomic E-state index is -3.95. The number of nitrogens with one attached hydrogen (secondary N) is 1. The highest BCUT2D eigenvalue weighted by atomic mass is 127. The van der Waals surface area contributed by atoms with Crippen molar-refractivity contribution in [3.8, 4) is 5.75 Å². The topological polar surface area (TPSA) is 88.1 Å². The van der Waals surface area contributed by atoms with E-state index >= 15 is 0 Å². The van der Waals surface area contributed by atoms with Crippen LogP contribution < -0.4 is 14.5 Å². The first-order valence-electron chi connectivity index (χ1n) is 10.2. The van der Waals surface area contributed by atoms with Gasteiger partial charge in [0, 0.05) is 3.57 Å². The summed E-state index contributed by atoms with van der Waals surface area (Å²) in [5.74, 6) is 0.175. The number of hydrogen-bond acceptors (Lipinski definition) is 5. The van der Waals surface area contributed by atoms with Crippen LogP contribution in [0.2, 0.25) is 0 Å². The maximum atomic E-state index is 13.3. The molecule has 0 radical (unpaired) electrons. The van der Waals surface area contributed by atoms with Crippen molar-refractivity contribution in [2.45, 2.75) is 24.8 Å². The van der Waals surface area contributed by atoms with Gasteiger partial charge in [-0.15, -0.1) is 0 Å². The molecular formula is C24H24IN3O4S. The van der Waals surface area contributed by atoms with Crippen LogP contribution in [0.4, 0.5) is 5.69 Å². The second-order valence-corrected chi connectivity index (χ2v) is 10.4. The zero-order valence-corrected chi connectivity index (χ0v) is 21.2. The lowest BCUT2D eigenvalue weighted by atomic mass is 10.2. The second-order valence-electron chi connectivity index (χ2n) is 7.33. The average Bonchev–Trinajstić information content (AvgIpc) is 2.79. The third-order valence-electron chi connectivity index (χ3n) is 4.39. The maximum absolute atomic E-state index is 13.3. The Bertz CT molecular complexity index is 1200. The summed E-state index contributed by atoms with van der Waals surface area (Å²) in [6.45, 7) is 3.47. The van der Waals surface area contributed by atoms with E-state index in [4.69, 9.17) is 4.74 Å². The predicted octanol–water partition coefficient (Wildman–Crippen LogP) is 4.42. The Balaban J connectivity index is 1.74. The predicted molar refractivity (Wildman–Crippen MR) is 138 cm³/mol. The van der Waals surface area contributed by atoms with Gasteiger partial charge in [0.2, 0.25) is 0 Å². The van der Waals surface area contributed by atoms with Gasteiger partial charge in [0.25, 0.3) is 15.9 Å². The summed E-state index contributed by atoms with van der Waals surface area (Å²) in [5, 5.41) is 3.96. The Morgan fingerprint density at radius 3 is 2.27 bits per heavy atom. The molecule has 1 N–H and O–H groups in total. The van der Waals surface area contributed by atoms with Gasteiger partial charge in [0.1, 0.15) is 12.3 Å². The highest BCUT2D eigenvalue weighted by Gasteiger charge is 2.27. The van der Waals surface area contributed by atoms with Gasteiger partial charge in [0.15, 0.2) is 0 Å². The standard InChI is InChI=1S/C24H24IN3O4S/c1-18(2)32-22-14-8-19(9-15-22)16-26-27-24(29)17-28(21-12-10-20(25)11-13-21)33(30,31)23-6-4-3-5-7-23/h3-16,18H,17H2,1-2H3,(H,27,29)/b26-16-. The summed E-state index contributed by atoms with van der Waals surface area (Å²) in [6.07, 6.45) is 1.56. The fourth-order valence-electron chi connectivity index (χ4n) is 2.89. The highest BCUT2D eigenvalue weighted by Crippen LogP contribution is 2.24. The van der Waals surface area contributed by atoms with Crippen LogP contribution in [0.3, 0.4) is 0 Å². The Labute approximate surface area is 207 Å². The van der Waals surface area contributed by atoms with Crippen molar-refractivity contribution in [2.75, 3.05) is 10.8 Å². The number of carbonyl (C=O) groups excluding carboxylic acids is 1. The Kier molecular flexibility index (Phi) is 8.45. The van der Waals surface area contributed by atoms with Crippen LogP contribution >= 0.6 is 22.6 Å². The van der Waals surface area contributed by atoms with Crippen molar-refractivity contribution in [1.82, 2.24) is 5.43 Å². The molecule has 0 saturated carbocycles. The zero-order valence-electron chi connectivity index (χ0n) is 18.2. The molecule has 3 aromatic rings. The van der Waals surface area contributed by atoms with Crippen molar-refractivity contribution in [2.24, 2.45) is 5.10 Å². The van der Waals surface area contributed by atoms with Gasteiger partial charge >= 0.3 is 0 Å². The first kappa shape index (κ1) is 24.7. The van der Waals surface area contributed by atoms with E-state index in [9.17, 15) is 13.2 Å². The van der Waals surface area contributed by atoms with Gasteiger partial charge in [-0.2, -0.15) is 5.10 Å². The number of benzene rings is 3. The Morgan fingerprint density at radius 1 is 1.03 bits per heavy atom. The third kappa shape index (κ3) is 7.03. The minimum absolute atomic E-state index is 0.0759. The number of hydrazone groups is 1. The number of sulfonamides is 1. The lowest BCUT2D eigenvalue weighted by molar-refractivity contribution is -0.119. The van der Waals surface area contributed by atoms with E-state index in [1.165, 1.54) is 18.3 Å². The van der Waals surface area contributed by atoms with Crippen molar-refractivity contribution >= 4 is 50.4 Å². The molecule has 0 bridgehead atoms. The van der Waals surface area contributed by atoms with Crippen molar-refractivity contribution in [1.29, 1.82) is 0 Å². The van der Waals surface area contributed by atoms with E-state index in [0.29, 0.717) is 5.69 Å². The van der Waals surface area contributed by atoms with Crippen molar-refractivity contribution in [3.63, 3.8) is 0 Å². The molecule has 0 aliphatic carbocycles. The van der Waals surface area contributed by atoms with Gasteiger partial charge in [-0.3, -0.25) is 9.10 Å². The van der Waals surface area contributed by atoms with Crippen LogP contribution in [-0.2, 0) is 14.8 Å². The molecule has 0 fully saturated rings. The van der Waals surface area contributed by atoms with Crippen molar-refractivity contribution < 1.29 is 17.9 Å². The van der Waals surface area contributed by atoms with E-state index in [0.717, 1.165) is 19.2 Å². The molecule has 0 aliphatic rings. The minimum Gasteiger partial charge on any atom is -0.491 e. The average molecular weight is 577 g/mol. The van der Waals surface area contributed by atoms with Gasteiger partial charge in [-0.1, -0.05) is 18.2 Å². The first-order valence-corrected chi connectivity index (χ1v) is 12.7. The SMILES string of the molecule is CC(C)Oc1ccc(/C=N\NC(=O)CN(c2ccc(I)cc2)S(=O)(=O)c2ccccc2)cc1. The molecule has 0 atom stereocenters. The molecule has 1 amide bonds. The monoisotopic (exact) mass is 577 g/mol. The van der Waals surface area contributed by atoms with E-state index in [1.807, 2.05) is 38.1 Å². The van der Waals surface area contributed by atoms with Crippen LogP contribution in [0.1, 0.15) is 19.4 Å². The molecule has 3 rings (SSSR count). The molecule has 0 aromatic heterocycles. The first-order chi connectivity index (χ1) is 15.8. The maximum Gasteiger partial charge on any atom is 0.264 e. The number of nitrogens with zero attached hydrogens (tertiary/aromatic N) is 2. The van der Waals surface area contributed by atoms with Gasteiger partial charge in [-0.25, -0.2) is 13.8 Å². The van der Waals surface area contributed by atoms with Crippen molar-refractivity contribution in [3.05, 3.63) is 88.0 Å². The summed E-state index contributed by atoms with van der Waals surface area (Å²) >= 11 is 2.13. The summed E-state index contributed by atoms with van der Waals surface area (Å²) in [5.41, 5.74) is 3.55. The molecule has 9 heteroatoms. The molecule has 0 heterocycles. The molecular weight excluding hydrogens is 553 g/mol. The summed E-state index contributed by atoms with van der Waals surface area (Å²) in [6, 6.07) is 22.2. The van der Waals surface area contributed by atoms with Crippen LogP contribution in [0.15, 0.2) is 88.9 Å². The molecule has 0 unspecified atom stereocenters. The smallest absolute Gasteiger partial charge is 0.264 e. The molecule has 7 nitrogen and oxygen atoms in total. The van der Waals surface area contributed by atoms with Gasteiger partial charge in [0.05, 0.1) is 22.9 Å². The van der Waals surface area contributed by atoms with Gasteiger partial charge < -0.3 is 4.74 Å². The summed E-state index contributed by atoms with van der Waals surface area (Å²) < 4.78 is 34.1. The summed E-state index contributed by atoms with van der Waals surface area (Å²) in [4.78, 5) is 12.7. The summed E-state index contributed by atoms with van der Waals surface area (Å²) in [7, 11) is -3.95. The molecule has 33 heavy (non-hydrogen) atoms. The fraction of sp³-hybridized carbons (Fsp3) is 0.167. The quantitative estimate of drug-likeness (QED) is 0.232. The normalized spacial score (nSPS) is 11.5.